The van der Waals surface area contributed by atoms with Crippen LogP contribution >= 0.6 is 0 Å². The molecule has 1 aliphatic heterocycles. The fourth-order valence-corrected chi connectivity index (χ4v) is 2.56. The molecule has 0 radical (unpaired) electrons. The predicted molar refractivity (Wildman–Crippen MR) is 68.0 cm³/mol. The second kappa shape index (κ2) is 4.49. The van der Waals surface area contributed by atoms with E-state index in [0.717, 1.165) is 36.5 Å². The van der Waals surface area contributed by atoms with Gasteiger partial charge >= 0.3 is 0 Å². The second-order valence-corrected chi connectivity index (χ2v) is 4.95. The lowest BCUT2D eigenvalue weighted by molar-refractivity contribution is 0.349. The smallest absolute Gasteiger partial charge is 0.195 e. The second-order valence-electron chi connectivity index (χ2n) is 4.95. The Kier molecular flexibility index (Phi) is 2.85. The lowest BCUT2D eigenvalue weighted by atomic mass is 9.96. The summed E-state index contributed by atoms with van der Waals surface area (Å²) in [5.74, 6) is 1.57. The Balaban J connectivity index is 1.83. The topological polar surface area (TPSA) is 38.1 Å². The molecule has 0 bridgehead atoms. The van der Waals surface area contributed by atoms with Crippen LogP contribution in [-0.2, 0) is 6.42 Å². The van der Waals surface area contributed by atoms with Crippen LogP contribution in [0.5, 0.6) is 0 Å². The van der Waals surface area contributed by atoms with Crippen LogP contribution in [-0.4, -0.2) is 18.1 Å². The zero-order valence-electron chi connectivity index (χ0n) is 10.2. The number of oxazole rings is 1. The number of piperidine rings is 1. The molecule has 1 aromatic heterocycles. The molecule has 17 heavy (non-hydrogen) atoms. The standard InChI is InChI=1S/C14H18N2O/c1-10-4-2-6-12-14(10)16-13(17-12)8-11-5-3-7-15-9-11/h2,4,6,11,15H,3,5,7-9H2,1H3. The Morgan fingerprint density at radius 2 is 2.41 bits per heavy atom. The van der Waals surface area contributed by atoms with Crippen molar-refractivity contribution in [2.24, 2.45) is 5.92 Å². The van der Waals surface area contributed by atoms with Gasteiger partial charge in [0.1, 0.15) is 5.52 Å². The molecule has 1 N–H and O–H groups in total. The average molecular weight is 230 g/mol. The van der Waals surface area contributed by atoms with Gasteiger partial charge in [0.05, 0.1) is 0 Å². The van der Waals surface area contributed by atoms with Crippen LogP contribution in [0.2, 0.25) is 0 Å². The minimum atomic E-state index is 0.678. The highest BCUT2D eigenvalue weighted by molar-refractivity contribution is 5.76. The van der Waals surface area contributed by atoms with Crippen molar-refractivity contribution < 1.29 is 4.42 Å². The molecule has 1 saturated heterocycles. The first-order valence-corrected chi connectivity index (χ1v) is 6.38. The molecule has 0 amide bonds. The number of benzene rings is 1. The number of hydrogen-bond donors (Lipinski definition) is 1. The van der Waals surface area contributed by atoms with Gasteiger partial charge in [-0.2, -0.15) is 0 Å². The highest BCUT2D eigenvalue weighted by Gasteiger charge is 2.17. The van der Waals surface area contributed by atoms with Crippen molar-refractivity contribution in [1.82, 2.24) is 10.3 Å². The van der Waals surface area contributed by atoms with Crippen molar-refractivity contribution in [2.75, 3.05) is 13.1 Å². The van der Waals surface area contributed by atoms with Gasteiger partial charge in [0.2, 0.25) is 0 Å². The van der Waals surface area contributed by atoms with Gasteiger partial charge in [0, 0.05) is 6.42 Å². The zero-order chi connectivity index (χ0) is 11.7. The first kappa shape index (κ1) is 10.8. The molecule has 1 unspecified atom stereocenters. The summed E-state index contributed by atoms with van der Waals surface area (Å²) in [5.41, 5.74) is 3.13. The molecule has 1 atom stereocenters. The number of aromatic nitrogens is 1. The first-order valence-electron chi connectivity index (χ1n) is 6.38. The summed E-state index contributed by atoms with van der Waals surface area (Å²) in [6.45, 7) is 4.33. The van der Waals surface area contributed by atoms with Crippen LogP contribution in [0.25, 0.3) is 11.1 Å². The zero-order valence-corrected chi connectivity index (χ0v) is 10.2. The third-order valence-corrected chi connectivity index (χ3v) is 3.53. The summed E-state index contributed by atoms with van der Waals surface area (Å²) in [5, 5.41) is 3.43. The van der Waals surface area contributed by atoms with Crippen molar-refractivity contribution in [2.45, 2.75) is 26.2 Å². The van der Waals surface area contributed by atoms with Gasteiger partial charge in [-0.15, -0.1) is 0 Å². The van der Waals surface area contributed by atoms with Gasteiger partial charge in [-0.05, 0) is 50.4 Å². The Morgan fingerprint density at radius 3 is 3.18 bits per heavy atom. The maximum Gasteiger partial charge on any atom is 0.195 e. The van der Waals surface area contributed by atoms with E-state index in [2.05, 4.69) is 23.3 Å². The molecule has 3 heteroatoms. The van der Waals surface area contributed by atoms with Gasteiger partial charge in [-0.3, -0.25) is 0 Å². The molecule has 0 aliphatic carbocycles. The fraction of sp³-hybridized carbons (Fsp3) is 0.500. The van der Waals surface area contributed by atoms with E-state index in [9.17, 15) is 0 Å². The number of rotatable bonds is 2. The number of fused-ring (bicyclic) bond motifs is 1. The number of hydrogen-bond acceptors (Lipinski definition) is 3. The van der Waals surface area contributed by atoms with E-state index >= 15 is 0 Å². The third kappa shape index (κ3) is 2.20. The van der Waals surface area contributed by atoms with Crippen LogP contribution in [0, 0.1) is 12.8 Å². The number of nitrogens with one attached hydrogen (secondary N) is 1. The quantitative estimate of drug-likeness (QED) is 0.862. The molecule has 1 aliphatic rings. The molecule has 1 fully saturated rings. The van der Waals surface area contributed by atoms with Crippen LogP contribution in [0.3, 0.4) is 0 Å². The molecular weight excluding hydrogens is 212 g/mol. The van der Waals surface area contributed by atoms with Gasteiger partial charge < -0.3 is 9.73 Å². The highest BCUT2D eigenvalue weighted by atomic mass is 16.3. The predicted octanol–water partition coefficient (Wildman–Crippen LogP) is 2.68. The van der Waals surface area contributed by atoms with E-state index in [0.29, 0.717) is 5.92 Å². The lowest BCUT2D eigenvalue weighted by Crippen LogP contribution is -2.30. The van der Waals surface area contributed by atoms with Gasteiger partial charge in [-0.1, -0.05) is 12.1 Å². The summed E-state index contributed by atoms with van der Waals surface area (Å²) in [4.78, 5) is 4.61. The Labute approximate surface area is 101 Å². The van der Waals surface area contributed by atoms with Crippen molar-refractivity contribution in [3.8, 4) is 0 Å². The molecule has 90 valence electrons. The number of aryl methyl sites for hydroxylation is 1. The SMILES string of the molecule is Cc1cccc2oc(CC3CCCNC3)nc12. The van der Waals surface area contributed by atoms with Gasteiger partial charge in [0.25, 0.3) is 0 Å². The lowest BCUT2D eigenvalue weighted by Gasteiger charge is -2.21. The van der Waals surface area contributed by atoms with E-state index < -0.39 is 0 Å². The van der Waals surface area contributed by atoms with E-state index in [1.54, 1.807) is 0 Å². The molecule has 1 aromatic carbocycles. The maximum atomic E-state index is 5.81. The number of para-hydroxylation sites is 1. The fourth-order valence-electron chi connectivity index (χ4n) is 2.56. The average Bonchev–Trinajstić information content (AvgIpc) is 2.74. The van der Waals surface area contributed by atoms with E-state index in [4.69, 9.17) is 4.42 Å². The minimum absolute atomic E-state index is 0.678. The maximum absolute atomic E-state index is 5.81. The largest absolute Gasteiger partial charge is 0.441 e. The van der Waals surface area contributed by atoms with Gasteiger partial charge in [-0.25, -0.2) is 4.98 Å². The summed E-state index contributed by atoms with van der Waals surface area (Å²) in [6, 6.07) is 6.10. The Bertz CT molecular complexity index is 512. The van der Waals surface area contributed by atoms with Crippen LogP contribution < -0.4 is 5.32 Å². The van der Waals surface area contributed by atoms with E-state index in [-0.39, 0.29) is 0 Å². The highest BCUT2D eigenvalue weighted by Crippen LogP contribution is 2.22. The number of nitrogens with zero attached hydrogens (tertiary/aromatic N) is 1. The molecule has 3 rings (SSSR count). The third-order valence-electron chi connectivity index (χ3n) is 3.53. The molecular formula is C14H18N2O. The molecule has 2 heterocycles. The van der Waals surface area contributed by atoms with Crippen LogP contribution in [0.1, 0.15) is 24.3 Å². The van der Waals surface area contributed by atoms with Crippen molar-refractivity contribution in [3.63, 3.8) is 0 Å². The normalized spacial score (nSPS) is 20.9. The summed E-state index contributed by atoms with van der Waals surface area (Å²) in [6.07, 6.45) is 3.51. The van der Waals surface area contributed by atoms with Crippen LogP contribution in [0.15, 0.2) is 22.6 Å². The van der Waals surface area contributed by atoms with Crippen LogP contribution in [0.4, 0.5) is 0 Å². The molecule has 0 spiro atoms. The van der Waals surface area contributed by atoms with E-state index in [1.807, 2.05) is 12.1 Å². The van der Waals surface area contributed by atoms with Gasteiger partial charge in [0.15, 0.2) is 11.5 Å². The van der Waals surface area contributed by atoms with Crippen molar-refractivity contribution in [3.05, 3.63) is 29.7 Å². The Morgan fingerprint density at radius 1 is 1.47 bits per heavy atom. The minimum Gasteiger partial charge on any atom is -0.441 e. The first-order chi connectivity index (χ1) is 8.33. The summed E-state index contributed by atoms with van der Waals surface area (Å²) >= 11 is 0. The monoisotopic (exact) mass is 230 g/mol. The Hall–Kier alpha value is -1.35. The van der Waals surface area contributed by atoms with E-state index in [1.165, 1.54) is 18.4 Å². The van der Waals surface area contributed by atoms with Crippen molar-refractivity contribution >= 4 is 11.1 Å². The summed E-state index contributed by atoms with van der Waals surface area (Å²) < 4.78 is 5.81. The molecule has 2 aromatic rings. The van der Waals surface area contributed by atoms with Crippen molar-refractivity contribution in [1.29, 1.82) is 0 Å². The summed E-state index contributed by atoms with van der Waals surface area (Å²) in [7, 11) is 0. The molecule has 0 saturated carbocycles. The molecule has 3 nitrogen and oxygen atoms in total.